The van der Waals surface area contributed by atoms with E-state index in [4.69, 9.17) is 0 Å². The van der Waals surface area contributed by atoms with Gasteiger partial charge in [0.05, 0.1) is 5.54 Å². The molecular formula is C18H28N2O. The van der Waals surface area contributed by atoms with E-state index in [-0.39, 0.29) is 5.54 Å². The highest BCUT2D eigenvalue weighted by Gasteiger charge is 2.68. The Kier molecular flexibility index (Phi) is 2.75. The van der Waals surface area contributed by atoms with Crippen LogP contribution in [0.25, 0.3) is 0 Å². The summed E-state index contributed by atoms with van der Waals surface area (Å²) < 4.78 is 0. The molecule has 4 atom stereocenters. The second-order valence-electron chi connectivity index (χ2n) is 8.47. The van der Waals surface area contributed by atoms with E-state index in [1.807, 2.05) is 0 Å². The normalized spacial score (nSPS) is 46.7. The van der Waals surface area contributed by atoms with E-state index in [1.165, 1.54) is 51.4 Å². The van der Waals surface area contributed by atoms with Crippen molar-refractivity contribution in [3.05, 3.63) is 0 Å². The number of piperazine rings is 1. The largest absolute Gasteiger partial charge is 0.334 e. The third-order valence-electron chi connectivity index (χ3n) is 7.61. The molecule has 1 amide bonds. The van der Waals surface area contributed by atoms with E-state index < -0.39 is 0 Å². The van der Waals surface area contributed by atoms with Gasteiger partial charge in [-0.05, 0) is 55.8 Å². The maximum Gasteiger partial charge on any atom is 0.226 e. The fourth-order valence-corrected chi connectivity index (χ4v) is 6.68. The first-order valence-electron chi connectivity index (χ1n) is 9.32. The van der Waals surface area contributed by atoms with Gasteiger partial charge in [-0.15, -0.1) is 0 Å². The number of nitrogens with zero attached hydrogens (tertiary/aromatic N) is 1. The summed E-state index contributed by atoms with van der Waals surface area (Å²) in [6.07, 6.45) is 10.8. The Morgan fingerprint density at radius 3 is 2.48 bits per heavy atom. The van der Waals surface area contributed by atoms with Gasteiger partial charge >= 0.3 is 0 Å². The van der Waals surface area contributed by atoms with Gasteiger partial charge < -0.3 is 10.2 Å². The molecule has 1 N–H and O–H groups in total. The topological polar surface area (TPSA) is 32.3 Å². The van der Waals surface area contributed by atoms with E-state index in [1.54, 1.807) is 0 Å². The molecule has 5 rings (SSSR count). The summed E-state index contributed by atoms with van der Waals surface area (Å²) in [7, 11) is 0. The van der Waals surface area contributed by atoms with Crippen LogP contribution in [0.5, 0.6) is 0 Å². The molecule has 1 aliphatic heterocycles. The smallest absolute Gasteiger partial charge is 0.226 e. The zero-order chi connectivity index (χ0) is 14.0. The molecule has 3 heteroatoms. The lowest BCUT2D eigenvalue weighted by Crippen LogP contribution is -2.64. The van der Waals surface area contributed by atoms with E-state index >= 15 is 0 Å². The number of nitrogens with one attached hydrogen (secondary N) is 1. The second kappa shape index (κ2) is 4.47. The molecule has 1 saturated heterocycles. The lowest BCUT2D eigenvalue weighted by Gasteiger charge is -2.50. The van der Waals surface area contributed by atoms with Gasteiger partial charge in [0.15, 0.2) is 0 Å². The monoisotopic (exact) mass is 288 g/mol. The third-order valence-corrected chi connectivity index (χ3v) is 7.61. The van der Waals surface area contributed by atoms with Crippen LogP contribution in [0.1, 0.15) is 51.4 Å². The van der Waals surface area contributed by atoms with Gasteiger partial charge in [0, 0.05) is 25.6 Å². The maximum absolute atomic E-state index is 13.3. The zero-order valence-corrected chi connectivity index (χ0v) is 13.0. The molecule has 0 aromatic carbocycles. The van der Waals surface area contributed by atoms with Gasteiger partial charge in [0.1, 0.15) is 0 Å². The Balaban J connectivity index is 1.37. The molecule has 1 heterocycles. The standard InChI is InChI=1S/C18H28N2O/c21-17(16-14-12-4-5-13(10-12)15(14)16)20-9-8-19-11-18(20)6-2-1-3-7-18/h12-16,19H,1-11H2. The van der Waals surface area contributed by atoms with Gasteiger partial charge in [-0.2, -0.15) is 0 Å². The Morgan fingerprint density at radius 2 is 1.76 bits per heavy atom. The average molecular weight is 288 g/mol. The van der Waals surface area contributed by atoms with Crippen molar-refractivity contribution in [2.45, 2.75) is 56.9 Å². The van der Waals surface area contributed by atoms with E-state index in [2.05, 4.69) is 10.2 Å². The predicted octanol–water partition coefficient (Wildman–Crippen LogP) is 2.41. The summed E-state index contributed by atoms with van der Waals surface area (Å²) in [4.78, 5) is 15.6. The summed E-state index contributed by atoms with van der Waals surface area (Å²) in [5.74, 6) is 4.43. The fraction of sp³-hybridized carbons (Fsp3) is 0.944. The van der Waals surface area contributed by atoms with Gasteiger partial charge in [0.25, 0.3) is 0 Å². The number of hydrogen-bond donors (Lipinski definition) is 1. The van der Waals surface area contributed by atoms with Crippen molar-refractivity contribution in [1.82, 2.24) is 10.2 Å². The molecule has 2 bridgehead atoms. The van der Waals surface area contributed by atoms with Crippen LogP contribution in [0.2, 0.25) is 0 Å². The van der Waals surface area contributed by atoms with Gasteiger partial charge in [0.2, 0.25) is 5.91 Å². The summed E-state index contributed by atoms with van der Waals surface area (Å²) in [6.45, 7) is 3.01. The number of fused-ring (bicyclic) bond motifs is 5. The summed E-state index contributed by atoms with van der Waals surface area (Å²) >= 11 is 0. The molecule has 21 heavy (non-hydrogen) atoms. The van der Waals surface area contributed by atoms with E-state index in [9.17, 15) is 4.79 Å². The lowest BCUT2D eigenvalue weighted by molar-refractivity contribution is -0.143. The van der Waals surface area contributed by atoms with Crippen LogP contribution in [0.3, 0.4) is 0 Å². The molecular weight excluding hydrogens is 260 g/mol. The number of carbonyl (C=O) groups excluding carboxylic acids is 1. The van der Waals surface area contributed by atoms with Crippen molar-refractivity contribution in [3.63, 3.8) is 0 Å². The highest BCUT2D eigenvalue weighted by molar-refractivity contribution is 5.84. The minimum Gasteiger partial charge on any atom is -0.334 e. The SMILES string of the molecule is O=C(C1C2C3CCC(C3)C12)N1CCNCC12CCCCC2. The molecule has 5 fully saturated rings. The fourth-order valence-electron chi connectivity index (χ4n) is 6.68. The molecule has 0 aromatic heterocycles. The van der Waals surface area contributed by atoms with Crippen LogP contribution < -0.4 is 5.32 Å². The lowest BCUT2D eigenvalue weighted by atomic mass is 9.78. The molecule has 0 aromatic rings. The first kappa shape index (κ1) is 12.9. The van der Waals surface area contributed by atoms with Crippen molar-refractivity contribution >= 4 is 5.91 Å². The Hall–Kier alpha value is -0.570. The molecule has 5 aliphatic rings. The number of carbonyl (C=O) groups is 1. The molecule has 0 radical (unpaired) electrons. The molecule has 3 nitrogen and oxygen atoms in total. The van der Waals surface area contributed by atoms with E-state index in [0.29, 0.717) is 11.8 Å². The van der Waals surface area contributed by atoms with Gasteiger partial charge in [-0.25, -0.2) is 0 Å². The minimum absolute atomic E-state index is 0.184. The summed E-state index contributed by atoms with van der Waals surface area (Å²) in [5, 5.41) is 3.58. The van der Waals surface area contributed by atoms with Gasteiger partial charge in [-0.3, -0.25) is 4.79 Å². The zero-order valence-electron chi connectivity index (χ0n) is 13.0. The Morgan fingerprint density at radius 1 is 1.05 bits per heavy atom. The van der Waals surface area contributed by atoms with Crippen molar-refractivity contribution < 1.29 is 4.79 Å². The molecule has 116 valence electrons. The van der Waals surface area contributed by atoms with Crippen LogP contribution in [0.4, 0.5) is 0 Å². The summed E-state index contributed by atoms with van der Waals surface area (Å²) in [6, 6.07) is 0. The van der Waals surface area contributed by atoms with Crippen molar-refractivity contribution in [3.8, 4) is 0 Å². The molecule has 4 aliphatic carbocycles. The first-order chi connectivity index (χ1) is 10.3. The maximum atomic E-state index is 13.3. The molecule has 4 unspecified atom stereocenters. The van der Waals surface area contributed by atoms with Crippen molar-refractivity contribution in [2.24, 2.45) is 29.6 Å². The number of amides is 1. The van der Waals surface area contributed by atoms with Crippen molar-refractivity contribution in [2.75, 3.05) is 19.6 Å². The highest BCUT2D eigenvalue weighted by Crippen LogP contribution is 2.69. The Labute approximate surface area is 127 Å². The third kappa shape index (κ3) is 1.73. The minimum atomic E-state index is 0.184. The van der Waals surface area contributed by atoms with Crippen molar-refractivity contribution in [1.29, 1.82) is 0 Å². The molecule has 4 saturated carbocycles. The average Bonchev–Trinajstić information content (AvgIpc) is 2.95. The van der Waals surface area contributed by atoms with E-state index in [0.717, 1.165) is 43.3 Å². The van der Waals surface area contributed by atoms with Crippen LogP contribution in [0, 0.1) is 29.6 Å². The quantitative estimate of drug-likeness (QED) is 0.803. The van der Waals surface area contributed by atoms with Gasteiger partial charge in [-0.1, -0.05) is 19.3 Å². The molecule has 1 spiro atoms. The highest BCUT2D eigenvalue weighted by atomic mass is 16.2. The number of hydrogen-bond acceptors (Lipinski definition) is 2. The van der Waals surface area contributed by atoms with Crippen LogP contribution in [-0.4, -0.2) is 36.0 Å². The van der Waals surface area contributed by atoms with Crippen LogP contribution in [-0.2, 0) is 4.79 Å². The number of rotatable bonds is 1. The second-order valence-corrected chi connectivity index (χ2v) is 8.47. The van der Waals surface area contributed by atoms with Crippen LogP contribution in [0.15, 0.2) is 0 Å². The Bertz CT molecular complexity index is 432. The summed E-state index contributed by atoms with van der Waals surface area (Å²) in [5.41, 5.74) is 0.184. The predicted molar refractivity (Wildman–Crippen MR) is 81.7 cm³/mol. The van der Waals surface area contributed by atoms with Crippen LogP contribution >= 0.6 is 0 Å². The first-order valence-corrected chi connectivity index (χ1v) is 9.32.